The summed E-state index contributed by atoms with van der Waals surface area (Å²) in [6.45, 7) is 1.78. The summed E-state index contributed by atoms with van der Waals surface area (Å²) >= 11 is 0. The van der Waals surface area contributed by atoms with Gasteiger partial charge in [0.05, 0.1) is 39.0 Å². The lowest BCUT2D eigenvalue weighted by molar-refractivity contribution is -0.115. The monoisotopic (exact) mass is 382 g/mol. The van der Waals surface area contributed by atoms with Gasteiger partial charge in [-0.15, -0.1) is 0 Å². The van der Waals surface area contributed by atoms with Gasteiger partial charge in [0, 0.05) is 11.8 Å². The maximum Gasteiger partial charge on any atom is 0.230 e. The van der Waals surface area contributed by atoms with E-state index >= 15 is 0 Å². The number of oxazole rings is 1. The van der Waals surface area contributed by atoms with Crippen LogP contribution < -0.4 is 19.5 Å². The van der Waals surface area contributed by atoms with Crippen LogP contribution >= 0.6 is 0 Å². The fourth-order valence-corrected chi connectivity index (χ4v) is 2.80. The Kier molecular flexibility index (Phi) is 5.84. The van der Waals surface area contributed by atoms with E-state index in [0.29, 0.717) is 40.3 Å². The summed E-state index contributed by atoms with van der Waals surface area (Å²) in [5.74, 6) is 2.58. The molecule has 0 bridgehead atoms. The Morgan fingerprint density at radius 1 is 1.00 bits per heavy atom. The van der Waals surface area contributed by atoms with Crippen LogP contribution in [0.25, 0.3) is 11.5 Å². The second kappa shape index (κ2) is 8.47. The number of carbonyl (C=O) groups is 1. The number of anilines is 1. The van der Waals surface area contributed by atoms with Crippen molar-refractivity contribution >= 4 is 11.6 Å². The number of ether oxygens (including phenoxy) is 3. The zero-order valence-corrected chi connectivity index (χ0v) is 16.2. The summed E-state index contributed by atoms with van der Waals surface area (Å²) < 4.78 is 21.6. The lowest BCUT2D eigenvalue weighted by Crippen LogP contribution is -2.15. The number of methoxy groups -OCH3 is 3. The molecule has 7 heteroatoms. The lowest BCUT2D eigenvalue weighted by Gasteiger charge is -2.10. The number of rotatable bonds is 7. The van der Waals surface area contributed by atoms with Gasteiger partial charge in [0.1, 0.15) is 11.5 Å². The molecule has 0 atom stereocenters. The highest BCUT2D eigenvalue weighted by atomic mass is 16.5. The largest absolute Gasteiger partial charge is 0.496 e. The van der Waals surface area contributed by atoms with Crippen LogP contribution in [0.15, 0.2) is 46.9 Å². The molecule has 0 radical (unpaired) electrons. The van der Waals surface area contributed by atoms with Gasteiger partial charge >= 0.3 is 0 Å². The molecule has 3 rings (SSSR count). The number of nitrogens with one attached hydrogen (secondary N) is 1. The summed E-state index contributed by atoms with van der Waals surface area (Å²) in [6, 6.07) is 12.6. The molecule has 7 nitrogen and oxygen atoms in total. The van der Waals surface area contributed by atoms with Gasteiger partial charge in [-0.3, -0.25) is 4.79 Å². The summed E-state index contributed by atoms with van der Waals surface area (Å²) in [7, 11) is 4.69. The molecule has 0 saturated heterocycles. The van der Waals surface area contributed by atoms with Crippen molar-refractivity contribution in [3.8, 4) is 28.7 Å². The Morgan fingerprint density at radius 3 is 2.43 bits per heavy atom. The SMILES string of the molecule is COc1ccc(NC(=O)Cc2nc(-c3ccccc3OC)oc2C)cc1OC. The van der Waals surface area contributed by atoms with E-state index in [-0.39, 0.29) is 12.3 Å². The summed E-state index contributed by atoms with van der Waals surface area (Å²) in [5, 5.41) is 2.83. The van der Waals surface area contributed by atoms with Crippen LogP contribution in [0, 0.1) is 6.92 Å². The average Bonchev–Trinajstić information content (AvgIpc) is 3.07. The molecule has 0 aliphatic rings. The van der Waals surface area contributed by atoms with Crippen LogP contribution in [0.4, 0.5) is 5.69 Å². The van der Waals surface area contributed by atoms with Crippen molar-refractivity contribution in [3.63, 3.8) is 0 Å². The van der Waals surface area contributed by atoms with Gasteiger partial charge in [0.25, 0.3) is 0 Å². The molecule has 3 aromatic rings. The number of amides is 1. The van der Waals surface area contributed by atoms with E-state index in [2.05, 4.69) is 10.3 Å². The van der Waals surface area contributed by atoms with Crippen molar-refractivity contribution in [3.05, 3.63) is 53.9 Å². The normalized spacial score (nSPS) is 10.4. The van der Waals surface area contributed by atoms with E-state index < -0.39 is 0 Å². The summed E-state index contributed by atoms with van der Waals surface area (Å²) in [6.07, 6.45) is 0.0822. The van der Waals surface area contributed by atoms with E-state index in [1.807, 2.05) is 24.3 Å². The third-order valence-corrected chi connectivity index (χ3v) is 4.23. The summed E-state index contributed by atoms with van der Waals surface area (Å²) in [4.78, 5) is 16.9. The van der Waals surface area contributed by atoms with Gasteiger partial charge in [0.15, 0.2) is 11.5 Å². The number of hydrogen-bond acceptors (Lipinski definition) is 6. The second-order valence-corrected chi connectivity index (χ2v) is 6.02. The molecule has 0 saturated carbocycles. The van der Waals surface area contributed by atoms with Crippen molar-refractivity contribution in [2.24, 2.45) is 0 Å². The Bertz CT molecular complexity index is 981. The molecule has 0 unspecified atom stereocenters. The molecule has 1 aromatic heterocycles. The fraction of sp³-hybridized carbons (Fsp3) is 0.238. The minimum Gasteiger partial charge on any atom is -0.496 e. The van der Waals surface area contributed by atoms with Crippen LogP contribution in [0.5, 0.6) is 17.2 Å². The van der Waals surface area contributed by atoms with Crippen molar-refractivity contribution < 1.29 is 23.4 Å². The Morgan fingerprint density at radius 2 is 1.71 bits per heavy atom. The number of aryl methyl sites for hydroxylation is 1. The molecule has 2 aromatic carbocycles. The number of hydrogen-bond donors (Lipinski definition) is 1. The highest BCUT2D eigenvalue weighted by Gasteiger charge is 2.17. The number of para-hydroxylation sites is 1. The minimum atomic E-state index is -0.213. The lowest BCUT2D eigenvalue weighted by atomic mass is 10.2. The second-order valence-electron chi connectivity index (χ2n) is 6.02. The van der Waals surface area contributed by atoms with E-state index in [1.165, 1.54) is 0 Å². The van der Waals surface area contributed by atoms with Gasteiger partial charge < -0.3 is 23.9 Å². The van der Waals surface area contributed by atoms with Crippen molar-refractivity contribution in [1.82, 2.24) is 4.98 Å². The van der Waals surface area contributed by atoms with Crippen LogP contribution in [-0.2, 0) is 11.2 Å². The third kappa shape index (κ3) is 4.09. The molecule has 146 valence electrons. The topological polar surface area (TPSA) is 82.8 Å². The summed E-state index contributed by atoms with van der Waals surface area (Å²) in [5.41, 5.74) is 1.91. The zero-order valence-electron chi connectivity index (χ0n) is 16.2. The van der Waals surface area contributed by atoms with Gasteiger partial charge in [-0.25, -0.2) is 4.98 Å². The maximum atomic E-state index is 12.5. The molecule has 0 spiro atoms. The highest BCUT2D eigenvalue weighted by Crippen LogP contribution is 2.31. The van der Waals surface area contributed by atoms with Crippen LogP contribution in [-0.4, -0.2) is 32.2 Å². The van der Waals surface area contributed by atoms with E-state index in [0.717, 1.165) is 5.56 Å². The smallest absolute Gasteiger partial charge is 0.230 e. The molecule has 28 heavy (non-hydrogen) atoms. The molecule has 1 heterocycles. The van der Waals surface area contributed by atoms with Crippen LogP contribution in [0.2, 0.25) is 0 Å². The average molecular weight is 382 g/mol. The first-order valence-corrected chi connectivity index (χ1v) is 8.67. The van der Waals surface area contributed by atoms with Crippen LogP contribution in [0.1, 0.15) is 11.5 Å². The molecular formula is C21H22N2O5. The first kappa shape index (κ1) is 19.3. The maximum absolute atomic E-state index is 12.5. The Balaban J connectivity index is 1.75. The predicted molar refractivity (Wildman–Crippen MR) is 105 cm³/mol. The van der Waals surface area contributed by atoms with Crippen LogP contribution in [0.3, 0.4) is 0 Å². The Labute approximate surface area is 163 Å². The van der Waals surface area contributed by atoms with E-state index in [4.69, 9.17) is 18.6 Å². The number of nitrogens with zero attached hydrogens (tertiary/aromatic N) is 1. The fourth-order valence-electron chi connectivity index (χ4n) is 2.80. The molecule has 0 fully saturated rings. The van der Waals surface area contributed by atoms with E-state index in [1.54, 1.807) is 46.5 Å². The highest BCUT2D eigenvalue weighted by molar-refractivity contribution is 5.92. The zero-order chi connectivity index (χ0) is 20.1. The standard InChI is InChI=1S/C21H22N2O5/c1-13-16(23-21(28-13)15-7-5-6-8-17(15)25-2)12-20(24)22-14-9-10-18(26-3)19(11-14)27-4/h5-11H,12H2,1-4H3,(H,22,24). The van der Waals surface area contributed by atoms with Crippen molar-refractivity contribution in [2.45, 2.75) is 13.3 Å². The minimum absolute atomic E-state index is 0.0822. The molecule has 0 aliphatic carbocycles. The van der Waals surface area contributed by atoms with E-state index in [9.17, 15) is 4.79 Å². The number of aromatic nitrogens is 1. The van der Waals surface area contributed by atoms with Gasteiger partial charge in [-0.2, -0.15) is 0 Å². The van der Waals surface area contributed by atoms with Gasteiger partial charge in [0.2, 0.25) is 11.8 Å². The molecule has 0 aliphatic heterocycles. The predicted octanol–water partition coefficient (Wildman–Crippen LogP) is 3.86. The number of carbonyl (C=O) groups excluding carboxylic acids is 1. The molecular weight excluding hydrogens is 360 g/mol. The van der Waals surface area contributed by atoms with Gasteiger partial charge in [-0.1, -0.05) is 12.1 Å². The molecule has 1 amide bonds. The van der Waals surface area contributed by atoms with Crippen molar-refractivity contribution in [2.75, 3.05) is 26.6 Å². The first-order valence-electron chi connectivity index (χ1n) is 8.67. The third-order valence-electron chi connectivity index (χ3n) is 4.23. The quantitative estimate of drug-likeness (QED) is 0.668. The van der Waals surface area contributed by atoms with Crippen molar-refractivity contribution in [1.29, 1.82) is 0 Å². The number of benzene rings is 2. The Hall–Kier alpha value is -3.48. The molecule has 1 N–H and O–H groups in total. The first-order chi connectivity index (χ1) is 13.5. The van der Waals surface area contributed by atoms with Gasteiger partial charge in [-0.05, 0) is 31.2 Å².